The quantitative estimate of drug-likeness (QED) is 0.526. The number of nitrogens with zero attached hydrogens (tertiary/aromatic N) is 6. The number of nitrogens with one attached hydrogen (secondary N) is 1. The summed E-state index contributed by atoms with van der Waals surface area (Å²) in [5.41, 5.74) is 3.91. The number of piperidine rings is 1. The van der Waals surface area contributed by atoms with Crippen LogP contribution in [0.3, 0.4) is 0 Å². The summed E-state index contributed by atoms with van der Waals surface area (Å²) < 4.78 is 1.77. The number of hydrogen-bond donors (Lipinski definition) is 1. The van der Waals surface area contributed by atoms with Gasteiger partial charge in [-0.3, -0.25) is 24.7 Å². The number of carbonyl (C=O) groups excluding carboxylic acids is 1. The van der Waals surface area contributed by atoms with E-state index in [0.717, 1.165) is 60.2 Å². The molecule has 162 valence electrons. The molecule has 5 rings (SSSR count). The van der Waals surface area contributed by atoms with Crippen molar-refractivity contribution >= 4 is 22.8 Å². The summed E-state index contributed by atoms with van der Waals surface area (Å²) in [6, 6.07) is 12.0. The molecule has 0 bridgehead atoms. The van der Waals surface area contributed by atoms with Crippen LogP contribution in [0.1, 0.15) is 18.5 Å². The molecule has 1 saturated heterocycles. The van der Waals surface area contributed by atoms with Crippen LogP contribution in [0, 0.1) is 5.92 Å². The standard InChI is InChI=1S/C24H25N7O/c1-30-15-20(14-27-30)18-5-6-19-13-26-24(28-22(19)12-18)29-23(32)17-7-10-31(11-8-17)16-21-4-2-3-9-25-21/h2-6,9,12-15,17H,7-8,10-11,16H2,1H3,(H,26,28,29,32). The van der Waals surface area contributed by atoms with Crippen molar-refractivity contribution in [1.29, 1.82) is 0 Å². The van der Waals surface area contributed by atoms with Crippen molar-refractivity contribution in [2.75, 3.05) is 18.4 Å². The Morgan fingerprint density at radius 3 is 2.72 bits per heavy atom. The third-order valence-corrected chi connectivity index (χ3v) is 5.93. The number of amides is 1. The molecular formula is C24H25N7O. The van der Waals surface area contributed by atoms with Gasteiger partial charge in [0.25, 0.3) is 0 Å². The van der Waals surface area contributed by atoms with E-state index < -0.39 is 0 Å². The molecule has 1 aromatic carbocycles. The summed E-state index contributed by atoms with van der Waals surface area (Å²) >= 11 is 0. The monoisotopic (exact) mass is 427 g/mol. The van der Waals surface area contributed by atoms with Crippen molar-refractivity contribution in [1.82, 2.24) is 29.6 Å². The van der Waals surface area contributed by atoms with Crippen LogP contribution in [0.25, 0.3) is 22.0 Å². The molecule has 0 atom stereocenters. The van der Waals surface area contributed by atoms with Gasteiger partial charge in [-0.15, -0.1) is 0 Å². The van der Waals surface area contributed by atoms with Gasteiger partial charge in [0.2, 0.25) is 11.9 Å². The van der Waals surface area contributed by atoms with Crippen LogP contribution in [-0.2, 0) is 18.4 Å². The second kappa shape index (κ2) is 8.84. The van der Waals surface area contributed by atoms with Gasteiger partial charge in [-0.2, -0.15) is 5.10 Å². The van der Waals surface area contributed by atoms with Gasteiger partial charge in [0.15, 0.2) is 0 Å². The lowest BCUT2D eigenvalue weighted by molar-refractivity contribution is -0.121. The molecule has 0 spiro atoms. The number of carbonyl (C=O) groups is 1. The normalized spacial score (nSPS) is 15.2. The number of pyridine rings is 1. The first-order valence-corrected chi connectivity index (χ1v) is 10.8. The van der Waals surface area contributed by atoms with Crippen LogP contribution in [0.15, 0.2) is 61.2 Å². The molecule has 1 N–H and O–H groups in total. The van der Waals surface area contributed by atoms with Crippen molar-refractivity contribution in [3.63, 3.8) is 0 Å². The minimum Gasteiger partial charge on any atom is -0.297 e. The second-order valence-electron chi connectivity index (χ2n) is 8.23. The number of aromatic nitrogens is 5. The Kier molecular flexibility index (Phi) is 5.60. The molecular weight excluding hydrogens is 402 g/mol. The molecule has 0 saturated carbocycles. The van der Waals surface area contributed by atoms with Crippen LogP contribution in [0.2, 0.25) is 0 Å². The van der Waals surface area contributed by atoms with Crippen LogP contribution >= 0.6 is 0 Å². The summed E-state index contributed by atoms with van der Waals surface area (Å²) in [5, 5.41) is 8.08. The Bertz CT molecular complexity index is 1230. The molecule has 0 unspecified atom stereocenters. The van der Waals surface area contributed by atoms with Crippen molar-refractivity contribution < 1.29 is 4.79 Å². The molecule has 3 aromatic heterocycles. The first-order chi connectivity index (χ1) is 15.6. The molecule has 1 aliphatic heterocycles. The Hall–Kier alpha value is -3.65. The van der Waals surface area contributed by atoms with Crippen LogP contribution < -0.4 is 5.32 Å². The van der Waals surface area contributed by atoms with Gasteiger partial charge in [0.05, 0.1) is 17.4 Å². The summed E-state index contributed by atoms with van der Waals surface area (Å²) in [6.45, 7) is 2.58. The van der Waals surface area contributed by atoms with E-state index in [9.17, 15) is 4.79 Å². The maximum absolute atomic E-state index is 12.8. The van der Waals surface area contributed by atoms with Gasteiger partial charge in [0, 0.05) is 49.1 Å². The fourth-order valence-corrected chi connectivity index (χ4v) is 4.12. The molecule has 1 amide bonds. The summed E-state index contributed by atoms with van der Waals surface area (Å²) in [7, 11) is 1.89. The topological polar surface area (TPSA) is 88.8 Å². The first kappa shape index (κ1) is 20.3. The summed E-state index contributed by atoms with van der Waals surface area (Å²) in [4.78, 5) is 28.5. The highest BCUT2D eigenvalue weighted by Gasteiger charge is 2.25. The largest absolute Gasteiger partial charge is 0.297 e. The van der Waals surface area contributed by atoms with Gasteiger partial charge in [-0.25, -0.2) is 9.97 Å². The number of rotatable bonds is 5. The van der Waals surface area contributed by atoms with Crippen molar-refractivity contribution in [2.45, 2.75) is 19.4 Å². The maximum atomic E-state index is 12.8. The Labute approximate surface area is 186 Å². The lowest BCUT2D eigenvalue weighted by Crippen LogP contribution is -2.38. The molecule has 4 aromatic rings. The number of fused-ring (bicyclic) bond motifs is 1. The van der Waals surface area contributed by atoms with Crippen LogP contribution in [0.5, 0.6) is 0 Å². The molecule has 1 aliphatic rings. The van der Waals surface area contributed by atoms with Crippen LogP contribution in [0.4, 0.5) is 5.95 Å². The minimum absolute atomic E-state index is 0.00903. The lowest BCUT2D eigenvalue weighted by atomic mass is 9.96. The van der Waals surface area contributed by atoms with Gasteiger partial charge in [-0.1, -0.05) is 18.2 Å². The van der Waals surface area contributed by atoms with E-state index in [1.807, 2.05) is 62.0 Å². The van der Waals surface area contributed by atoms with E-state index in [-0.39, 0.29) is 11.8 Å². The van der Waals surface area contributed by atoms with Crippen molar-refractivity contribution in [2.24, 2.45) is 13.0 Å². The van der Waals surface area contributed by atoms with E-state index in [1.54, 1.807) is 10.9 Å². The summed E-state index contributed by atoms with van der Waals surface area (Å²) in [6.07, 6.45) is 8.99. The first-order valence-electron chi connectivity index (χ1n) is 10.8. The SMILES string of the molecule is Cn1cc(-c2ccc3cnc(NC(=O)C4CCN(Cc5ccccn5)CC4)nc3c2)cn1. The zero-order chi connectivity index (χ0) is 21.9. The minimum atomic E-state index is -0.0315. The van der Waals surface area contributed by atoms with E-state index in [2.05, 4.69) is 30.3 Å². The van der Waals surface area contributed by atoms with Gasteiger partial charge in [-0.05, 0) is 49.7 Å². The highest BCUT2D eigenvalue weighted by Crippen LogP contribution is 2.24. The van der Waals surface area contributed by atoms with Gasteiger partial charge in [0.1, 0.15) is 0 Å². The number of anilines is 1. The predicted octanol–water partition coefficient (Wildman–Crippen LogP) is 3.28. The Morgan fingerprint density at radius 1 is 1.09 bits per heavy atom. The van der Waals surface area contributed by atoms with Gasteiger partial charge < -0.3 is 0 Å². The smallest absolute Gasteiger partial charge is 0.229 e. The highest BCUT2D eigenvalue weighted by molar-refractivity contribution is 5.92. The molecule has 1 fully saturated rings. The average Bonchev–Trinajstić information content (AvgIpc) is 3.26. The lowest BCUT2D eigenvalue weighted by Gasteiger charge is -2.30. The molecule has 0 radical (unpaired) electrons. The molecule has 32 heavy (non-hydrogen) atoms. The number of likely N-dealkylation sites (tertiary alicyclic amines) is 1. The number of hydrogen-bond acceptors (Lipinski definition) is 6. The van der Waals surface area contributed by atoms with E-state index >= 15 is 0 Å². The molecule has 4 heterocycles. The number of benzene rings is 1. The molecule has 8 nitrogen and oxygen atoms in total. The van der Waals surface area contributed by atoms with Crippen LogP contribution in [-0.4, -0.2) is 48.6 Å². The highest BCUT2D eigenvalue weighted by atomic mass is 16.2. The zero-order valence-corrected chi connectivity index (χ0v) is 18.0. The summed E-state index contributed by atoms with van der Waals surface area (Å²) in [5.74, 6) is 0.308. The Balaban J connectivity index is 1.22. The van der Waals surface area contributed by atoms with E-state index in [1.165, 1.54) is 0 Å². The van der Waals surface area contributed by atoms with E-state index in [4.69, 9.17) is 0 Å². The second-order valence-corrected chi connectivity index (χ2v) is 8.23. The van der Waals surface area contributed by atoms with E-state index in [0.29, 0.717) is 5.95 Å². The fraction of sp³-hybridized carbons (Fsp3) is 0.292. The fourth-order valence-electron chi connectivity index (χ4n) is 4.12. The van der Waals surface area contributed by atoms with Gasteiger partial charge >= 0.3 is 0 Å². The molecule has 8 heteroatoms. The zero-order valence-electron chi connectivity index (χ0n) is 18.0. The van der Waals surface area contributed by atoms with Crippen molar-refractivity contribution in [3.05, 3.63) is 66.9 Å². The third-order valence-electron chi connectivity index (χ3n) is 5.93. The predicted molar refractivity (Wildman–Crippen MR) is 123 cm³/mol. The Morgan fingerprint density at radius 2 is 1.97 bits per heavy atom. The van der Waals surface area contributed by atoms with Crippen molar-refractivity contribution in [3.8, 4) is 11.1 Å². The third kappa shape index (κ3) is 4.50. The maximum Gasteiger partial charge on any atom is 0.229 e. The average molecular weight is 428 g/mol. The number of aryl methyl sites for hydroxylation is 1. The molecule has 0 aliphatic carbocycles.